The second-order valence-electron chi connectivity index (χ2n) is 7.79. The van der Waals surface area contributed by atoms with E-state index in [2.05, 4.69) is 18.0 Å². The predicted octanol–water partition coefficient (Wildman–Crippen LogP) is 6.31. The van der Waals surface area contributed by atoms with Crippen LogP contribution in [-0.4, -0.2) is 34.7 Å². The number of ether oxygens (including phenoxy) is 3. The lowest BCUT2D eigenvalue weighted by Gasteiger charge is -2.27. The first kappa shape index (κ1) is 24.0. The molecule has 0 amide bonds. The minimum atomic E-state index is -0.574. The maximum atomic E-state index is 9.79. The summed E-state index contributed by atoms with van der Waals surface area (Å²) in [5.41, 5.74) is 3.56. The highest BCUT2D eigenvalue weighted by Crippen LogP contribution is 2.35. The quantitative estimate of drug-likeness (QED) is 0.342. The highest BCUT2D eigenvalue weighted by atomic mass is 35.5. The number of allylic oxidation sites excluding steroid dienone is 2. The average molecular weight is 494 g/mol. The van der Waals surface area contributed by atoms with Crippen LogP contribution >= 0.6 is 23.8 Å². The molecule has 34 heavy (non-hydrogen) atoms. The summed E-state index contributed by atoms with van der Waals surface area (Å²) >= 11 is 12.1. The first-order valence-corrected chi connectivity index (χ1v) is 11.7. The largest absolute Gasteiger partial charge is 0.493 e. The Morgan fingerprint density at radius 2 is 1.94 bits per heavy atom. The SMILES string of the molecule is CCC[C@H](OC1C=C(n2cnc3cc(OC)c(OC)cc32)C=C(C#N)C1=S)c1ccccc1Cl. The zero-order valence-electron chi connectivity index (χ0n) is 19.1. The van der Waals surface area contributed by atoms with Gasteiger partial charge in [0, 0.05) is 22.9 Å². The van der Waals surface area contributed by atoms with Gasteiger partial charge in [0.15, 0.2) is 11.5 Å². The van der Waals surface area contributed by atoms with Gasteiger partial charge in [-0.15, -0.1) is 0 Å². The van der Waals surface area contributed by atoms with E-state index in [-0.39, 0.29) is 6.10 Å². The molecule has 2 atom stereocenters. The molecule has 0 N–H and O–H groups in total. The highest BCUT2D eigenvalue weighted by molar-refractivity contribution is 7.81. The first-order chi connectivity index (χ1) is 16.5. The fourth-order valence-electron chi connectivity index (χ4n) is 4.00. The molecule has 2 aromatic carbocycles. The van der Waals surface area contributed by atoms with Crippen molar-refractivity contribution in [1.82, 2.24) is 9.55 Å². The number of fused-ring (bicyclic) bond motifs is 1. The van der Waals surface area contributed by atoms with Gasteiger partial charge in [0.25, 0.3) is 0 Å². The summed E-state index contributed by atoms with van der Waals surface area (Å²) in [6, 6.07) is 13.5. The number of thiocarbonyl (C=S) groups is 1. The van der Waals surface area contributed by atoms with Gasteiger partial charge in [0.1, 0.15) is 18.5 Å². The summed E-state index contributed by atoms with van der Waals surface area (Å²) in [6.07, 6.45) is 6.20. The van der Waals surface area contributed by atoms with Crippen molar-refractivity contribution >= 4 is 45.4 Å². The van der Waals surface area contributed by atoms with Crippen molar-refractivity contribution in [2.75, 3.05) is 14.2 Å². The van der Waals surface area contributed by atoms with Crippen molar-refractivity contribution in [2.45, 2.75) is 32.0 Å². The highest BCUT2D eigenvalue weighted by Gasteiger charge is 2.27. The molecule has 0 saturated carbocycles. The molecule has 3 aromatic rings. The summed E-state index contributed by atoms with van der Waals surface area (Å²) in [6.45, 7) is 2.09. The van der Waals surface area contributed by atoms with Gasteiger partial charge in [-0.2, -0.15) is 5.26 Å². The molecule has 8 heteroatoms. The van der Waals surface area contributed by atoms with E-state index in [9.17, 15) is 5.26 Å². The standard InChI is InChI=1S/C26H24ClN3O3S/c1-4-7-22(18-8-5-6-9-19(18)27)33-25-11-17(10-16(14-28)26(25)34)30-15-29-20-12-23(31-2)24(32-3)13-21(20)30/h5-6,8-13,15,22,25H,4,7H2,1-3H3/t22-,25?/m0/s1. The first-order valence-electron chi connectivity index (χ1n) is 10.9. The fraction of sp³-hybridized carbons (Fsp3) is 0.269. The number of imidazole rings is 1. The molecule has 1 aliphatic rings. The van der Waals surface area contributed by atoms with Crippen LogP contribution in [0, 0.1) is 11.3 Å². The smallest absolute Gasteiger partial charge is 0.163 e. The Bertz CT molecular complexity index is 1340. The van der Waals surface area contributed by atoms with E-state index < -0.39 is 6.10 Å². The molecule has 0 aliphatic heterocycles. The number of nitrogens with zero attached hydrogens (tertiary/aromatic N) is 3. The fourth-order valence-corrected chi connectivity index (χ4v) is 4.49. The number of rotatable bonds is 8. The van der Waals surface area contributed by atoms with Crippen LogP contribution in [0.2, 0.25) is 5.02 Å². The van der Waals surface area contributed by atoms with Crippen LogP contribution < -0.4 is 9.47 Å². The predicted molar refractivity (Wildman–Crippen MR) is 137 cm³/mol. The van der Waals surface area contributed by atoms with Gasteiger partial charge in [-0.05, 0) is 30.2 Å². The molecule has 6 nitrogen and oxygen atoms in total. The van der Waals surface area contributed by atoms with Crippen LogP contribution in [0.5, 0.6) is 11.5 Å². The molecule has 1 unspecified atom stereocenters. The van der Waals surface area contributed by atoms with E-state index in [0.29, 0.717) is 27.0 Å². The van der Waals surface area contributed by atoms with Crippen LogP contribution in [0.1, 0.15) is 31.4 Å². The van der Waals surface area contributed by atoms with Crippen molar-refractivity contribution in [1.29, 1.82) is 5.26 Å². The van der Waals surface area contributed by atoms with Gasteiger partial charge in [-0.25, -0.2) is 4.98 Å². The molecule has 0 saturated heterocycles. The summed E-state index contributed by atoms with van der Waals surface area (Å²) in [7, 11) is 3.17. The van der Waals surface area contributed by atoms with E-state index >= 15 is 0 Å². The van der Waals surface area contributed by atoms with Gasteiger partial charge in [-0.3, -0.25) is 4.57 Å². The third kappa shape index (κ3) is 4.58. The minimum absolute atomic E-state index is 0.263. The van der Waals surface area contributed by atoms with Crippen LogP contribution in [0.25, 0.3) is 16.7 Å². The van der Waals surface area contributed by atoms with Gasteiger partial charge in [-0.1, -0.05) is 55.4 Å². The number of aromatic nitrogens is 2. The Balaban J connectivity index is 1.76. The monoisotopic (exact) mass is 493 g/mol. The van der Waals surface area contributed by atoms with Crippen LogP contribution in [0.4, 0.5) is 0 Å². The maximum absolute atomic E-state index is 9.79. The lowest BCUT2D eigenvalue weighted by Crippen LogP contribution is -2.27. The number of nitriles is 1. The van der Waals surface area contributed by atoms with Crippen molar-refractivity contribution in [3.63, 3.8) is 0 Å². The van der Waals surface area contributed by atoms with Gasteiger partial charge >= 0.3 is 0 Å². The molecular weight excluding hydrogens is 470 g/mol. The maximum Gasteiger partial charge on any atom is 0.163 e. The Morgan fingerprint density at radius 3 is 2.62 bits per heavy atom. The van der Waals surface area contributed by atoms with Crippen LogP contribution in [-0.2, 0) is 4.74 Å². The second kappa shape index (κ2) is 10.4. The lowest BCUT2D eigenvalue weighted by molar-refractivity contribution is 0.0399. The van der Waals surface area contributed by atoms with Crippen LogP contribution in [0.3, 0.4) is 0 Å². The molecule has 1 heterocycles. The number of hydrogen-bond donors (Lipinski definition) is 0. The lowest BCUT2D eigenvalue weighted by atomic mass is 9.99. The third-order valence-electron chi connectivity index (χ3n) is 5.70. The summed E-state index contributed by atoms with van der Waals surface area (Å²) < 4.78 is 19.2. The topological polar surface area (TPSA) is 69.3 Å². The second-order valence-corrected chi connectivity index (χ2v) is 8.64. The molecule has 0 fully saturated rings. The Morgan fingerprint density at radius 1 is 1.21 bits per heavy atom. The van der Waals surface area contributed by atoms with E-state index in [1.54, 1.807) is 26.6 Å². The molecule has 1 aliphatic carbocycles. The number of hydrogen-bond acceptors (Lipinski definition) is 6. The average Bonchev–Trinajstić information content (AvgIpc) is 3.27. The van der Waals surface area contributed by atoms with Gasteiger partial charge in [0.2, 0.25) is 0 Å². The molecule has 0 spiro atoms. The molecule has 1 aromatic heterocycles. The Hall–Kier alpha value is -3.18. The summed E-state index contributed by atoms with van der Waals surface area (Å²) in [5.74, 6) is 1.18. The zero-order chi connectivity index (χ0) is 24.2. The van der Waals surface area contributed by atoms with E-state index in [0.717, 1.165) is 35.1 Å². The Kier molecular flexibility index (Phi) is 7.32. The molecule has 4 rings (SSSR count). The van der Waals surface area contributed by atoms with E-state index in [1.807, 2.05) is 47.0 Å². The molecule has 174 valence electrons. The van der Waals surface area contributed by atoms with E-state index in [4.69, 9.17) is 38.0 Å². The number of methoxy groups -OCH3 is 2. The minimum Gasteiger partial charge on any atom is -0.493 e. The summed E-state index contributed by atoms with van der Waals surface area (Å²) in [5, 5.41) is 10.4. The molecule has 0 radical (unpaired) electrons. The van der Waals surface area contributed by atoms with Crippen LogP contribution in [0.15, 0.2) is 60.5 Å². The van der Waals surface area contributed by atoms with Crippen molar-refractivity contribution in [2.24, 2.45) is 0 Å². The number of benzene rings is 2. The molecule has 0 bridgehead atoms. The van der Waals surface area contributed by atoms with E-state index in [1.165, 1.54) is 0 Å². The summed E-state index contributed by atoms with van der Waals surface area (Å²) in [4.78, 5) is 4.95. The van der Waals surface area contributed by atoms with Crippen molar-refractivity contribution in [3.05, 3.63) is 71.0 Å². The Labute approximate surface area is 209 Å². The third-order valence-corrected chi connectivity index (χ3v) is 6.50. The molecular formula is C26H24ClN3O3S. The van der Waals surface area contributed by atoms with Crippen molar-refractivity contribution in [3.8, 4) is 17.6 Å². The normalized spacial score (nSPS) is 16.6. The van der Waals surface area contributed by atoms with Gasteiger partial charge in [0.05, 0.1) is 41.8 Å². The van der Waals surface area contributed by atoms with Crippen molar-refractivity contribution < 1.29 is 14.2 Å². The number of halogens is 1. The van der Waals surface area contributed by atoms with Gasteiger partial charge < -0.3 is 14.2 Å². The zero-order valence-corrected chi connectivity index (χ0v) is 20.7.